The number of nitrogens with zero attached hydrogens (tertiary/aromatic N) is 1. The summed E-state index contributed by atoms with van der Waals surface area (Å²) in [5.74, 6) is -0.656. The average Bonchev–Trinajstić information content (AvgIpc) is 2.22. The van der Waals surface area contributed by atoms with Gasteiger partial charge in [-0.25, -0.2) is 9.59 Å². The Morgan fingerprint density at radius 2 is 1.47 bits per heavy atom. The molecule has 0 aromatic carbocycles. The highest BCUT2D eigenvalue weighted by Gasteiger charge is 2.27. The molecule has 0 aromatic heterocycles. The molecule has 0 aromatic rings. The molecule has 0 saturated heterocycles. The number of urea groups is 1. The van der Waals surface area contributed by atoms with Gasteiger partial charge in [-0.3, -0.25) is 0 Å². The summed E-state index contributed by atoms with van der Waals surface area (Å²) < 4.78 is 0. The van der Waals surface area contributed by atoms with Crippen molar-refractivity contribution in [1.29, 1.82) is 0 Å². The fourth-order valence-electron chi connectivity index (χ4n) is 1.73. The van der Waals surface area contributed by atoms with Crippen LogP contribution < -0.4 is 5.32 Å². The zero-order valence-corrected chi connectivity index (χ0v) is 12.4. The maximum absolute atomic E-state index is 12.1. The minimum Gasteiger partial charge on any atom is -0.480 e. The van der Waals surface area contributed by atoms with Crippen molar-refractivity contribution in [2.45, 2.75) is 46.8 Å². The molecule has 2 unspecified atom stereocenters. The van der Waals surface area contributed by atoms with Crippen molar-refractivity contribution in [3.63, 3.8) is 0 Å². The fraction of sp³-hybridized carbons (Fsp3) is 0.846. The Morgan fingerprint density at radius 3 is 1.74 bits per heavy atom. The standard InChI is InChI=1S/C13H26N2O4/c1-8(2)6-15(7-9(3)4)13(19)14-11(10(5)16)12(17)18/h8-11,16H,6-7H2,1-5H3,(H,14,19)(H,17,18). The van der Waals surface area contributed by atoms with Gasteiger partial charge in [-0.1, -0.05) is 27.7 Å². The molecule has 0 aliphatic heterocycles. The molecule has 6 heteroatoms. The number of amides is 2. The third kappa shape index (κ3) is 7.00. The molecule has 0 aliphatic carbocycles. The summed E-state index contributed by atoms with van der Waals surface area (Å²) in [6, 6.07) is -1.73. The fourth-order valence-corrected chi connectivity index (χ4v) is 1.73. The highest BCUT2D eigenvalue weighted by Crippen LogP contribution is 2.05. The molecule has 0 radical (unpaired) electrons. The smallest absolute Gasteiger partial charge is 0.328 e. The molecule has 19 heavy (non-hydrogen) atoms. The van der Waals surface area contributed by atoms with Crippen molar-refractivity contribution >= 4 is 12.0 Å². The SMILES string of the molecule is CC(C)CN(CC(C)C)C(=O)NC(C(=O)O)C(C)O. The molecule has 3 N–H and O–H groups in total. The number of hydrogen-bond donors (Lipinski definition) is 3. The zero-order valence-electron chi connectivity index (χ0n) is 12.4. The van der Waals surface area contributed by atoms with E-state index in [1.165, 1.54) is 6.92 Å². The lowest BCUT2D eigenvalue weighted by Crippen LogP contribution is -2.53. The number of rotatable bonds is 7. The summed E-state index contributed by atoms with van der Waals surface area (Å²) in [6.07, 6.45) is -1.14. The number of carbonyl (C=O) groups is 2. The molecule has 2 amide bonds. The Morgan fingerprint density at radius 1 is 1.05 bits per heavy atom. The largest absolute Gasteiger partial charge is 0.480 e. The number of carboxylic acid groups (broad SMARTS) is 1. The monoisotopic (exact) mass is 274 g/mol. The van der Waals surface area contributed by atoms with Crippen LogP contribution >= 0.6 is 0 Å². The summed E-state index contributed by atoms with van der Waals surface area (Å²) in [5.41, 5.74) is 0. The van der Waals surface area contributed by atoms with Gasteiger partial charge in [-0.05, 0) is 18.8 Å². The maximum atomic E-state index is 12.1. The summed E-state index contributed by atoms with van der Waals surface area (Å²) in [7, 11) is 0. The number of aliphatic hydroxyl groups excluding tert-OH is 1. The van der Waals surface area contributed by atoms with Gasteiger partial charge >= 0.3 is 12.0 Å². The average molecular weight is 274 g/mol. The van der Waals surface area contributed by atoms with E-state index in [1.807, 2.05) is 27.7 Å². The summed E-state index contributed by atoms with van der Waals surface area (Å²) in [6.45, 7) is 10.4. The Labute approximate surface area is 114 Å². The first-order valence-electron chi connectivity index (χ1n) is 6.61. The van der Waals surface area contributed by atoms with Crippen molar-refractivity contribution in [1.82, 2.24) is 10.2 Å². The maximum Gasteiger partial charge on any atom is 0.328 e. The quantitative estimate of drug-likeness (QED) is 0.649. The van der Waals surface area contributed by atoms with Gasteiger partial charge in [0, 0.05) is 13.1 Å². The highest BCUT2D eigenvalue weighted by molar-refractivity contribution is 5.83. The molecule has 0 saturated carbocycles. The van der Waals surface area contributed by atoms with Gasteiger partial charge in [0.15, 0.2) is 6.04 Å². The first-order valence-corrected chi connectivity index (χ1v) is 6.61. The van der Waals surface area contributed by atoms with Crippen LogP contribution in [-0.2, 0) is 4.79 Å². The Bertz CT molecular complexity index is 293. The Kier molecular flexibility index (Phi) is 7.44. The van der Waals surface area contributed by atoms with Crippen LogP contribution in [0.5, 0.6) is 0 Å². The van der Waals surface area contributed by atoms with E-state index in [1.54, 1.807) is 4.90 Å². The first-order chi connectivity index (χ1) is 8.65. The van der Waals surface area contributed by atoms with Crippen LogP contribution in [0.15, 0.2) is 0 Å². The second-order valence-corrected chi connectivity index (χ2v) is 5.70. The van der Waals surface area contributed by atoms with E-state index in [4.69, 9.17) is 5.11 Å². The lowest BCUT2D eigenvalue weighted by atomic mass is 10.1. The van der Waals surface area contributed by atoms with Crippen LogP contribution in [0.25, 0.3) is 0 Å². The molecular formula is C13H26N2O4. The van der Waals surface area contributed by atoms with Crippen molar-refractivity contribution in [3.8, 4) is 0 Å². The normalized spacial score (nSPS) is 14.3. The predicted octanol–water partition coefficient (Wildman–Crippen LogP) is 1.14. The zero-order chi connectivity index (χ0) is 15.2. The molecule has 0 bridgehead atoms. The molecule has 112 valence electrons. The minimum atomic E-state index is -1.28. The lowest BCUT2D eigenvalue weighted by molar-refractivity contribution is -0.141. The van der Waals surface area contributed by atoms with E-state index in [2.05, 4.69) is 5.32 Å². The number of aliphatic hydroxyl groups is 1. The van der Waals surface area contributed by atoms with Crippen molar-refractivity contribution in [2.75, 3.05) is 13.1 Å². The van der Waals surface area contributed by atoms with Crippen LogP contribution in [0.2, 0.25) is 0 Å². The molecule has 6 nitrogen and oxygen atoms in total. The number of carbonyl (C=O) groups excluding carboxylic acids is 1. The van der Waals surface area contributed by atoms with E-state index in [0.29, 0.717) is 24.9 Å². The molecule has 2 atom stereocenters. The second kappa shape index (κ2) is 7.99. The van der Waals surface area contributed by atoms with Crippen molar-refractivity contribution in [3.05, 3.63) is 0 Å². The van der Waals surface area contributed by atoms with Crippen LogP contribution in [0.1, 0.15) is 34.6 Å². The van der Waals surface area contributed by atoms with Crippen LogP contribution in [0.4, 0.5) is 4.79 Å². The Hall–Kier alpha value is -1.30. The van der Waals surface area contributed by atoms with E-state index < -0.39 is 24.1 Å². The van der Waals surface area contributed by atoms with E-state index >= 15 is 0 Å². The van der Waals surface area contributed by atoms with Crippen LogP contribution in [0, 0.1) is 11.8 Å². The third-order valence-electron chi connectivity index (χ3n) is 2.49. The van der Waals surface area contributed by atoms with Crippen molar-refractivity contribution in [2.24, 2.45) is 11.8 Å². The molecule has 0 fully saturated rings. The van der Waals surface area contributed by atoms with Crippen LogP contribution in [-0.4, -0.2) is 52.3 Å². The first kappa shape index (κ1) is 17.7. The number of hydrogen-bond acceptors (Lipinski definition) is 3. The summed E-state index contributed by atoms with van der Waals surface area (Å²) >= 11 is 0. The van der Waals surface area contributed by atoms with Gasteiger partial charge in [0.1, 0.15) is 0 Å². The molecule has 0 spiro atoms. The van der Waals surface area contributed by atoms with E-state index in [0.717, 1.165) is 0 Å². The molecule has 0 heterocycles. The minimum absolute atomic E-state index is 0.291. The Balaban J connectivity index is 4.73. The predicted molar refractivity (Wildman–Crippen MR) is 72.9 cm³/mol. The van der Waals surface area contributed by atoms with Gasteiger partial charge < -0.3 is 20.4 Å². The van der Waals surface area contributed by atoms with Gasteiger partial charge in [0.25, 0.3) is 0 Å². The van der Waals surface area contributed by atoms with Gasteiger partial charge in [0.2, 0.25) is 0 Å². The van der Waals surface area contributed by atoms with E-state index in [-0.39, 0.29) is 0 Å². The summed E-state index contributed by atoms with van der Waals surface area (Å²) in [4.78, 5) is 24.6. The molecule has 0 aliphatic rings. The van der Waals surface area contributed by atoms with E-state index in [9.17, 15) is 14.7 Å². The lowest BCUT2D eigenvalue weighted by Gasteiger charge is -2.28. The number of nitrogens with one attached hydrogen (secondary N) is 1. The number of carboxylic acids is 1. The second-order valence-electron chi connectivity index (χ2n) is 5.70. The van der Waals surface area contributed by atoms with Crippen LogP contribution in [0.3, 0.4) is 0 Å². The number of aliphatic carboxylic acids is 1. The van der Waals surface area contributed by atoms with Gasteiger partial charge in [0.05, 0.1) is 6.10 Å². The van der Waals surface area contributed by atoms with Gasteiger partial charge in [-0.15, -0.1) is 0 Å². The molecular weight excluding hydrogens is 248 g/mol. The van der Waals surface area contributed by atoms with Crippen molar-refractivity contribution < 1.29 is 19.8 Å². The highest BCUT2D eigenvalue weighted by atomic mass is 16.4. The molecule has 0 rings (SSSR count). The van der Waals surface area contributed by atoms with Gasteiger partial charge in [-0.2, -0.15) is 0 Å². The topological polar surface area (TPSA) is 89.9 Å². The summed E-state index contributed by atoms with van der Waals surface area (Å²) in [5, 5.41) is 20.7. The third-order valence-corrected chi connectivity index (χ3v) is 2.49.